The molecule has 0 bridgehead atoms. The topological polar surface area (TPSA) is 61.4 Å². The van der Waals surface area contributed by atoms with Gasteiger partial charge in [0.15, 0.2) is 0 Å². The summed E-state index contributed by atoms with van der Waals surface area (Å²) in [6.07, 6.45) is 4.96. The highest BCUT2D eigenvalue weighted by Crippen LogP contribution is 2.28. The van der Waals surface area contributed by atoms with E-state index in [1.54, 1.807) is 0 Å². The van der Waals surface area contributed by atoms with E-state index in [0.29, 0.717) is 0 Å². The molecule has 1 aliphatic rings. The standard InChI is InChI=1S/C26H35N3O2/c1-3-4-10-17-27-26(31)22-15-18-29(19-16-22)20(2)25(30)28-24-14-9-8-13-23(24)21-11-6-5-7-12-21/h5-9,11-14,20,22H,3-4,10,15-19H2,1-2H3,(H,27,31)(H,28,30). The molecule has 1 heterocycles. The number of para-hydroxylation sites is 1. The number of unbranched alkanes of at least 4 members (excludes halogenated alkanes) is 2. The van der Waals surface area contributed by atoms with E-state index in [0.717, 1.165) is 68.6 Å². The number of rotatable bonds is 9. The van der Waals surface area contributed by atoms with Gasteiger partial charge in [0.1, 0.15) is 0 Å². The quantitative estimate of drug-likeness (QED) is 0.577. The number of nitrogens with one attached hydrogen (secondary N) is 2. The van der Waals surface area contributed by atoms with Gasteiger partial charge in [-0.2, -0.15) is 0 Å². The Kier molecular flexibility index (Phi) is 8.65. The smallest absolute Gasteiger partial charge is 0.241 e. The number of carbonyl (C=O) groups excluding carboxylic acids is 2. The van der Waals surface area contributed by atoms with Gasteiger partial charge in [-0.1, -0.05) is 68.3 Å². The van der Waals surface area contributed by atoms with E-state index in [1.165, 1.54) is 0 Å². The molecule has 0 aliphatic carbocycles. The van der Waals surface area contributed by atoms with Crippen molar-refractivity contribution in [2.45, 2.75) is 52.0 Å². The molecule has 0 saturated carbocycles. The Balaban J connectivity index is 1.52. The Morgan fingerprint density at radius 3 is 2.39 bits per heavy atom. The SMILES string of the molecule is CCCCCNC(=O)C1CCN(C(C)C(=O)Nc2ccccc2-c2ccccc2)CC1. The lowest BCUT2D eigenvalue weighted by atomic mass is 9.94. The van der Waals surface area contributed by atoms with Crippen molar-refractivity contribution in [3.05, 3.63) is 54.6 Å². The fraction of sp³-hybridized carbons (Fsp3) is 0.462. The maximum Gasteiger partial charge on any atom is 0.241 e. The Hall–Kier alpha value is -2.66. The molecule has 0 aromatic heterocycles. The molecule has 2 amide bonds. The minimum absolute atomic E-state index is 0.00847. The van der Waals surface area contributed by atoms with Gasteiger partial charge in [0.25, 0.3) is 0 Å². The fourth-order valence-corrected chi connectivity index (χ4v) is 4.14. The first-order valence-electron chi connectivity index (χ1n) is 11.6. The molecule has 2 N–H and O–H groups in total. The molecule has 1 saturated heterocycles. The molecule has 1 fully saturated rings. The van der Waals surface area contributed by atoms with Gasteiger partial charge >= 0.3 is 0 Å². The summed E-state index contributed by atoms with van der Waals surface area (Å²) < 4.78 is 0. The van der Waals surface area contributed by atoms with Crippen LogP contribution in [0.3, 0.4) is 0 Å². The van der Waals surface area contributed by atoms with Crippen LogP contribution in [0.4, 0.5) is 5.69 Å². The molecular weight excluding hydrogens is 386 g/mol. The van der Waals surface area contributed by atoms with E-state index in [4.69, 9.17) is 0 Å². The zero-order valence-corrected chi connectivity index (χ0v) is 18.8. The predicted molar refractivity (Wildman–Crippen MR) is 127 cm³/mol. The van der Waals surface area contributed by atoms with Crippen LogP contribution in [0.15, 0.2) is 54.6 Å². The molecule has 166 valence electrons. The largest absolute Gasteiger partial charge is 0.356 e. The fourth-order valence-electron chi connectivity index (χ4n) is 4.14. The third kappa shape index (κ3) is 6.41. The van der Waals surface area contributed by atoms with Gasteiger partial charge in [-0.25, -0.2) is 0 Å². The zero-order valence-electron chi connectivity index (χ0n) is 18.8. The van der Waals surface area contributed by atoms with Crippen LogP contribution in [-0.4, -0.2) is 42.4 Å². The van der Waals surface area contributed by atoms with Gasteiger partial charge < -0.3 is 10.6 Å². The first-order chi connectivity index (χ1) is 15.1. The van der Waals surface area contributed by atoms with Crippen molar-refractivity contribution in [2.24, 2.45) is 5.92 Å². The van der Waals surface area contributed by atoms with Crippen molar-refractivity contribution >= 4 is 17.5 Å². The van der Waals surface area contributed by atoms with E-state index in [1.807, 2.05) is 61.5 Å². The van der Waals surface area contributed by atoms with Crippen LogP contribution in [0, 0.1) is 5.92 Å². The monoisotopic (exact) mass is 421 g/mol. The molecule has 0 spiro atoms. The summed E-state index contributed by atoms with van der Waals surface area (Å²) in [5.41, 5.74) is 2.92. The second kappa shape index (κ2) is 11.7. The van der Waals surface area contributed by atoms with Crippen LogP contribution in [0.2, 0.25) is 0 Å². The molecule has 5 heteroatoms. The van der Waals surface area contributed by atoms with Crippen LogP contribution < -0.4 is 10.6 Å². The number of benzene rings is 2. The molecule has 2 aromatic rings. The Bertz CT molecular complexity index is 845. The number of hydrogen-bond acceptors (Lipinski definition) is 3. The van der Waals surface area contributed by atoms with Crippen molar-refractivity contribution in [2.75, 3.05) is 25.0 Å². The number of likely N-dealkylation sites (tertiary alicyclic amines) is 1. The van der Waals surface area contributed by atoms with Gasteiger partial charge in [-0.3, -0.25) is 14.5 Å². The molecule has 0 radical (unpaired) electrons. The van der Waals surface area contributed by atoms with Crippen LogP contribution >= 0.6 is 0 Å². The summed E-state index contributed by atoms with van der Waals surface area (Å²) in [6, 6.07) is 17.7. The number of nitrogens with zero attached hydrogens (tertiary/aromatic N) is 1. The molecule has 1 aliphatic heterocycles. The molecule has 5 nitrogen and oxygen atoms in total. The highest BCUT2D eigenvalue weighted by atomic mass is 16.2. The maximum absolute atomic E-state index is 13.0. The normalized spacial score (nSPS) is 15.9. The number of piperidine rings is 1. The zero-order chi connectivity index (χ0) is 22.1. The van der Waals surface area contributed by atoms with E-state index in [-0.39, 0.29) is 23.8 Å². The minimum Gasteiger partial charge on any atom is -0.356 e. The lowest BCUT2D eigenvalue weighted by molar-refractivity contribution is -0.127. The average molecular weight is 422 g/mol. The summed E-state index contributed by atoms with van der Waals surface area (Å²) in [4.78, 5) is 27.5. The van der Waals surface area contributed by atoms with Gasteiger partial charge in [0.05, 0.1) is 6.04 Å². The van der Waals surface area contributed by atoms with E-state index >= 15 is 0 Å². The second-order valence-corrected chi connectivity index (χ2v) is 8.39. The lowest BCUT2D eigenvalue weighted by Gasteiger charge is -2.34. The van der Waals surface area contributed by atoms with Gasteiger partial charge in [0, 0.05) is 23.7 Å². The number of carbonyl (C=O) groups is 2. The first kappa shape index (κ1) is 23.0. The second-order valence-electron chi connectivity index (χ2n) is 8.39. The van der Waals surface area contributed by atoms with E-state index in [9.17, 15) is 9.59 Å². The van der Waals surface area contributed by atoms with Gasteiger partial charge in [-0.15, -0.1) is 0 Å². The lowest BCUT2D eigenvalue weighted by Crippen LogP contribution is -2.48. The summed E-state index contributed by atoms with van der Waals surface area (Å²) >= 11 is 0. The van der Waals surface area contributed by atoms with Crippen LogP contribution in [0.1, 0.15) is 46.0 Å². The third-order valence-electron chi connectivity index (χ3n) is 6.18. The highest BCUT2D eigenvalue weighted by molar-refractivity contribution is 5.98. The summed E-state index contributed by atoms with van der Waals surface area (Å²) in [7, 11) is 0. The van der Waals surface area contributed by atoms with Crippen molar-refractivity contribution in [1.29, 1.82) is 0 Å². The number of anilines is 1. The Morgan fingerprint density at radius 1 is 1.00 bits per heavy atom. The van der Waals surface area contributed by atoms with Crippen molar-refractivity contribution in [1.82, 2.24) is 10.2 Å². The highest BCUT2D eigenvalue weighted by Gasteiger charge is 2.29. The minimum atomic E-state index is -0.239. The van der Waals surface area contributed by atoms with E-state index in [2.05, 4.69) is 22.5 Å². The molecular formula is C26H35N3O2. The van der Waals surface area contributed by atoms with Crippen LogP contribution in [0.5, 0.6) is 0 Å². The average Bonchev–Trinajstić information content (AvgIpc) is 2.82. The molecule has 31 heavy (non-hydrogen) atoms. The third-order valence-corrected chi connectivity index (χ3v) is 6.18. The summed E-state index contributed by atoms with van der Waals surface area (Å²) in [6.45, 7) is 6.41. The maximum atomic E-state index is 13.0. The number of amides is 2. The first-order valence-corrected chi connectivity index (χ1v) is 11.6. The molecule has 1 unspecified atom stereocenters. The molecule has 3 rings (SSSR count). The van der Waals surface area contributed by atoms with Crippen molar-refractivity contribution in [3.63, 3.8) is 0 Å². The van der Waals surface area contributed by atoms with Crippen LogP contribution in [-0.2, 0) is 9.59 Å². The molecule has 2 aromatic carbocycles. The van der Waals surface area contributed by atoms with E-state index < -0.39 is 0 Å². The van der Waals surface area contributed by atoms with Gasteiger partial charge in [-0.05, 0) is 50.9 Å². The van der Waals surface area contributed by atoms with Crippen molar-refractivity contribution < 1.29 is 9.59 Å². The Morgan fingerprint density at radius 2 is 1.68 bits per heavy atom. The van der Waals surface area contributed by atoms with Gasteiger partial charge in [0.2, 0.25) is 11.8 Å². The number of hydrogen-bond donors (Lipinski definition) is 2. The van der Waals surface area contributed by atoms with Crippen molar-refractivity contribution in [3.8, 4) is 11.1 Å². The summed E-state index contributed by atoms with van der Waals surface area (Å²) in [5.74, 6) is 0.224. The Labute approximate surface area is 186 Å². The molecule has 1 atom stereocenters. The van der Waals surface area contributed by atoms with Crippen LogP contribution in [0.25, 0.3) is 11.1 Å². The predicted octanol–water partition coefficient (Wildman–Crippen LogP) is 4.70. The summed E-state index contributed by atoms with van der Waals surface area (Å²) in [5, 5.41) is 6.19.